The second-order valence-electron chi connectivity index (χ2n) is 6.98. The number of fused-ring (bicyclic) bond motifs is 3. The summed E-state index contributed by atoms with van der Waals surface area (Å²) in [4.78, 5) is 13.8. The van der Waals surface area contributed by atoms with Gasteiger partial charge in [0.25, 0.3) is 0 Å². The predicted molar refractivity (Wildman–Crippen MR) is 87.6 cm³/mol. The third-order valence-corrected chi connectivity index (χ3v) is 5.70. The molecule has 1 heterocycles. The molecular formula is C19H23NO3. The van der Waals surface area contributed by atoms with Gasteiger partial charge >= 0.3 is 6.09 Å². The molecule has 1 saturated heterocycles. The lowest BCUT2D eigenvalue weighted by Crippen LogP contribution is -2.33. The van der Waals surface area contributed by atoms with E-state index in [4.69, 9.17) is 4.74 Å². The number of likely N-dealkylation sites (tertiary alicyclic amines) is 1. The van der Waals surface area contributed by atoms with E-state index in [2.05, 4.69) is 48.6 Å². The summed E-state index contributed by atoms with van der Waals surface area (Å²) in [7, 11) is 0. The van der Waals surface area contributed by atoms with Crippen LogP contribution in [-0.2, 0) is 4.74 Å². The molecule has 0 aromatic heterocycles. The average molecular weight is 313 g/mol. The van der Waals surface area contributed by atoms with E-state index >= 15 is 0 Å². The van der Waals surface area contributed by atoms with Crippen LogP contribution in [0.5, 0.6) is 0 Å². The quantitative estimate of drug-likeness (QED) is 0.852. The molecule has 0 aromatic carbocycles. The van der Waals surface area contributed by atoms with Gasteiger partial charge in [-0.15, -0.1) is 0 Å². The summed E-state index contributed by atoms with van der Waals surface area (Å²) in [6.45, 7) is 1.44. The van der Waals surface area contributed by atoms with E-state index < -0.39 is 6.10 Å². The van der Waals surface area contributed by atoms with Gasteiger partial charge in [-0.2, -0.15) is 0 Å². The van der Waals surface area contributed by atoms with Crippen LogP contribution < -0.4 is 0 Å². The third-order valence-electron chi connectivity index (χ3n) is 5.70. The minimum absolute atomic E-state index is 0.285. The summed E-state index contributed by atoms with van der Waals surface area (Å²) < 4.78 is 5.62. The van der Waals surface area contributed by atoms with Crippen LogP contribution in [0, 0.1) is 29.6 Å². The minimum Gasteiger partial charge on any atom is -0.449 e. The first-order valence-electron chi connectivity index (χ1n) is 8.54. The van der Waals surface area contributed by atoms with Gasteiger partial charge in [-0.05, 0) is 30.1 Å². The van der Waals surface area contributed by atoms with Crippen molar-refractivity contribution < 1.29 is 14.6 Å². The Morgan fingerprint density at radius 2 is 1.57 bits per heavy atom. The molecule has 5 atom stereocenters. The zero-order chi connectivity index (χ0) is 15.8. The number of β-amino-alcohol motifs (C(OH)–C–C–N with tert-alkyl or cyclic N) is 1. The fourth-order valence-electron chi connectivity index (χ4n) is 4.55. The molecule has 0 radical (unpaired) electrons. The highest BCUT2D eigenvalue weighted by Crippen LogP contribution is 2.51. The Bertz CT molecular complexity index is 557. The molecule has 0 unspecified atom stereocenters. The fourth-order valence-corrected chi connectivity index (χ4v) is 4.55. The lowest BCUT2D eigenvalue weighted by molar-refractivity contribution is 0.0789. The number of allylic oxidation sites excluding steroid dienone is 8. The summed E-state index contributed by atoms with van der Waals surface area (Å²) >= 11 is 0. The van der Waals surface area contributed by atoms with Crippen molar-refractivity contribution in [3.8, 4) is 0 Å². The minimum atomic E-state index is -0.402. The van der Waals surface area contributed by atoms with E-state index in [1.54, 1.807) is 4.90 Å². The van der Waals surface area contributed by atoms with E-state index in [0.717, 1.165) is 0 Å². The predicted octanol–water partition coefficient (Wildman–Crippen LogP) is 2.54. The highest BCUT2D eigenvalue weighted by Gasteiger charge is 2.47. The number of carbonyl (C=O) groups excluding carboxylic acids is 1. The number of amides is 1. The molecule has 4 nitrogen and oxygen atoms in total. The number of rotatable bonds is 2. The van der Waals surface area contributed by atoms with E-state index in [-0.39, 0.29) is 6.09 Å². The summed E-state index contributed by atoms with van der Waals surface area (Å²) in [6.07, 6.45) is 17.6. The molecule has 2 fully saturated rings. The van der Waals surface area contributed by atoms with E-state index in [1.807, 2.05) is 0 Å². The first-order chi connectivity index (χ1) is 11.2. The topological polar surface area (TPSA) is 49.8 Å². The number of nitrogens with zero attached hydrogens (tertiary/aromatic N) is 1. The van der Waals surface area contributed by atoms with Gasteiger partial charge in [0.05, 0.1) is 12.7 Å². The molecule has 4 heteroatoms. The molecule has 1 aliphatic heterocycles. The summed E-state index contributed by atoms with van der Waals surface area (Å²) in [5.74, 6) is 2.19. The fraction of sp³-hybridized carbons (Fsp3) is 0.526. The zero-order valence-corrected chi connectivity index (χ0v) is 13.1. The SMILES string of the molecule is O=C(OCC1[C@@H]2C=CC=C[C@@H]2[C@H]2C=CC=C[C@@H]12)N1CC[C@H](O)C1. The van der Waals surface area contributed by atoms with Gasteiger partial charge in [0.2, 0.25) is 0 Å². The van der Waals surface area contributed by atoms with Crippen molar-refractivity contribution in [2.24, 2.45) is 29.6 Å². The summed E-state index contributed by atoms with van der Waals surface area (Å²) in [6, 6.07) is 0. The molecule has 3 aliphatic carbocycles. The number of ether oxygens (including phenoxy) is 1. The molecule has 0 spiro atoms. The van der Waals surface area contributed by atoms with Crippen molar-refractivity contribution in [1.82, 2.24) is 4.90 Å². The molecule has 0 aromatic rings. The van der Waals surface area contributed by atoms with Crippen LogP contribution in [0.3, 0.4) is 0 Å². The van der Waals surface area contributed by atoms with Crippen LogP contribution >= 0.6 is 0 Å². The van der Waals surface area contributed by atoms with Crippen molar-refractivity contribution >= 4 is 6.09 Å². The van der Waals surface area contributed by atoms with Gasteiger partial charge in [-0.3, -0.25) is 0 Å². The summed E-state index contributed by atoms with van der Waals surface area (Å²) in [5, 5.41) is 9.55. The Hall–Kier alpha value is -1.81. The lowest BCUT2D eigenvalue weighted by atomic mass is 9.83. The Morgan fingerprint density at radius 3 is 2.09 bits per heavy atom. The van der Waals surface area contributed by atoms with Crippen LogP contribution in [0.15, 0.2) is 48.6 Å². The maximum Gasteiger partial charge on any atom is 0.409 e. The molecule has 1 N–H and O–H groups in total. The van der Waals surface area contributed by atoms with Crippen LogP contribution in [0.25, 0.3) is 0 Å². The number of aliphatic hydroxyl groups is 1. The molecule has 1 amide bonds. The molecule has 122 valence electrons. The lowest BCUT2D eigenvalue weighted by Gasteiger charge is -2.25. The number of carbonyl (C=O) groups is 1. The van der Waals surface area contributed by atoms with E-state index in [9.17, 15) is 9.90 Å². The van der Waals surface area contributed by atoms with Gasteiger partial charge in [-0.1, -0.05) is 48.6 Å². The van der Waals surface area contributed by atoms with Gasteiger partial charge in [0.15, 0.2) is 0 Å². The maximum atomic E-state index is 12.2. The molecule has 1 saturated carbocycles. The average Bonchev–Trinajstić information content (AvgIpc) is 3.15. The number of aliphatic hydroxyl groups excluding tert-OH is 1. The Labute approximate surface area is 136 Å². The van der Waals surface area contributed by atoms with Gasteiger partial charge in [0, 0.05) is 19.0 Å². The Kier molecular flexibility index (Phi) is 3.85. The first kappa shape index (κ1) is 14.8. The molecule has 4 aliphatic rings. The number of hydrogen-bond acceptors (Lipinski definition) is 3. The largest absolute Gasteiger partial charge is 0.449 e. The Morgan fingerprint density at radius 1 is 1.00 bits per heavy atom. The number of hydrogen-bond donors (Lipinski definition) is 1. The maximum absolute atomic E-state index is 12.2. The van der Waals surface area contributed by atoms with Crippen molar-refractivity contribution in [1.29, 1.82) is 0 Å². The first-order valence-corrected chi connectivity index (χ1v) is 8.54. The molecule has 0 bridgehead atoms. The van der Waals surface area contributed by atoms with Crippen LogP contribution in [-0.4, -0.2) is 41.9 Å². The second kappa shape index (κ2) is 6.00. The van der Waals surface area contributed by atoms with Crippen molar-refractivity contribution in [3.05, 3.63) is 48.6 Å². The highest BCUT2D eigenvalue weighted by molar-refractivity contribution is 5.68. The standard InChI is InChI=1S/C19H23NO3/c21-13-9-10-20(11-13)19(22)23-12-18-16-7-3-1-5-14(16)15-6-2-4-8-17(15)18/h1-8,13-18,21H,9-12H2/t13-,14+,15+,16+,17+/m0/s1. The third kappa shape index (κ3) is 2.65. The molecule has 4 rings (SSSR count). The van der Waals surface area contributed by atoms with E-state index in [1.165, 1.54) is 0 Å². The van der Waals surface area contributed by atoms with Crippen LogP contribution in [0.4, 0.5) is 4.79 Å². The summed E-state index contributed by atoms with van der Waals surface area (Å²) in [5.41, 5.74) is 0. The smallest absolute Gasteiger partial charge is 0.409 e. The van der Waals surface area contributed by atoms with Crippen molar-refractivity contribution in [2.75, 3.05) is 19.7 Å². The molecular weight excluding hydrogens is 290 g/mol. The van der Waals surface area contributed by atoms with Gasteiger partial charge < -0.3 is 14.7 Å². The monoisotopic (exact) mass is 313 g/mol. The highest BCUT2D eigenvalue weighted by atomic mass is 16.6. The molecule has 23 heavy (non-hydrogen) atoms. The van der Waals surface area contributed by atoms with Crippen molar-refractivity contribution in [3.63, 3.8) is 0 Å². The van der Waals surface area contributed by atoms with Gasteiger partial charge in [0.1, 0.15) is 0 Å². The van der Waals surface area contributed by atoms with Gasteiger partial charge in [-0.25, -0.2) is 4.79 Å². The van der Waals surface area contributed by atoms with Crippen LogP contribution in [0.2, 0.25) is 0 Å². The Balaban J connectivity index is 1.44. The van der Waals surface area contributed by atoms with Crippen molar-refractivity contribution in [2.45, 2.75) is 12.5 Å². The van der Waals surface area contributed by atoms with Crippen LogP contribution in [0.1, 0.15) is 6.42 Å². The second-order valence-corrected chi connectivity index (χ2v) is 6.98. The van der Waals surface area contributed by atoms with E-state index in [0.29, 0.717) is 55.7 Å². The zero-order valence-electron chi connectivity index (χ0n) is 13.1. The normalized spacial score (nSPS) is 40.3.